The summed E-state index contributed by atoms with van der Waals surface area (Å²) < 4.78 is 15.3. The summed E-state index contributed by atoms with van der Waals surface area (Å²) in [4.78, 5) is 26.7. The molecule has 2 amide bonds. The zero-order valence-electron chi connectivity index (χ0n) is 18.0. The quantitative estimate of drug-likeness (QED) is 0.409. The fraction of sp³-hybridized carbons (Fsp3) is 0.304. The molecular formula is C23H25FN6O2S. The van der Waals surface area contributed by atoms with Gasteiger partial charge in [-0.3, -0.25) is 29.9 Å². The van der Waals surface area contributed by atoms with Crippen molar-refractivity contribution < 1.29 is 14.0 Å². The van der Waals surface area contributed by atoms with Gasteiger partial charge in [0.05, 0.1) is 12.3 Å². The molecule has 1 aliphatic rings. The van der Waals surface area contributed by atoms with Crippen LogP contribution in [-0.2, 0) is 11.3 Å². The Morgan fingerprint density at radius 2 is 1.67 bits per heavy atom. The summed E-state index contributed by atoms with van der Waals surface area (Å²) in [5, 5.41) is 9.17. The third kappa shape index (κ3) is 6.17. The van der Waals surface area contributed by atoms with Gasteiger partial charge in [0.2, 0.25) is 5.91 Å². The van der Waals surface area contributed by atoms with Crippen molar-refractivity contribution in [2.45, 2.75) is 31.0 Å². The van der Waals surface area contributed by atoms with Gasteiger partial charge in [-0.15, -0.1) is 10.2 Å². The molecule has 2 heterocycles. The first-order chi connectivity index (χ1) is 16.1. The highest BCUT2D eigenvalue weighted by atomic mass is 32.2. The predicted molar refractivity (Wildman–Crippen MR) is 123 cm³/mol. The summed E-state index contributed by atoms with van der Waals surface area (Å²) in [6.07, 6.45) is 3.54. The summed E-state index contributed by atoms with van der Waals surface area (Å²) in [5.41, 5.74) is 6.00. The summed E-state index contributed by atoms with van der Waals surface area (Å²) in [7, 11) is 0. The van der Waals surface area contributed by atoms with E-state index in [1.165, 1.54) is 30.3 Å². The van der Waals surface area contributed by atoms with Crippen LogP contribution in [0.25, 0.3) is 5.69 Å². The van der Waals surface area contributed by atoms with Crippen LogP contribution in [-0.4, -0.2) is 50.3 Å². The SMILES string of the molecule is O=C(CSc1nnc(CN2CCCCC2)n1-c1ccc(F)cc1)NNC(=O)c1ccccc1. The number of hydrogen-bond acceptors (Lipinski definition) is 6. The third-order valence-electron chi connectivity index (χ3n) is 5.28. The molecule has 0 aliphatic carbocycles. The predicted octanol–water partition coefficient (Wildman–Crippen LogP) is 2.95. The number of thioether (sulfide) groups is 1. The van der Waals surface area contributed by atoms with Crippen LogP contribution in [0.5, 0.6) is 0 Å². The lowest BCUT2D eigenvalue weighted by atomic mass is 10.1. The molecule has 10 heteroatoms. The largest absolute Gasteiger partial charge is 0.296 e. The minimum absolute atomic E-state index is 0.0259. The molecule has 0 saturated carbocycles. The number of likely N-dealkylation sites (tertiary alicyclic amines) is 1. The maximum atomic E-state index is 13.5. The van der Waals surface area contributed by atoms with Gasteiger partial charge in [0, 0.05) is 11.3 Å². The zero-order chi connectivity index (χ0) is 23.0. The van der Waals surface area contributed by atoms with Crippen molar-refractivity contribution >= 4 is 23.6 Å². The molecule has 0 bridgehead atoms. The van der Waals surface area contributed by atoms with E-state index in [9.17, 15) is 14.0 Å². The Labute approximate surface area is 195 Å². The molecule has 1 fully saturated rings. The van der Waals surface area contributed by atoms with E-state index >= 15 is 0 Å². The van der Waals surface area contributed by atoms with Crippen molar-refractivity contribution in [2.24, 2.45) is 0 Å². The third-order valence-corrected chi connectivity index (χ3v) is 6.21. The second kappa shape index (κ2) is 11.1. The van der Waals surface area contributed by atoms with Gasteiger partial charge in [-0.2, -0.15) is 0 Å². The number of nitrogens with one attached hydrogen (secondary N) is 2. The van der Waals surface area contributed by atoms with Crippen molar-refractivity contribution in [1.82, 2.24) is 30.5 Å². The molecule has 0 spiro atoms. The molecular weight excluding hydrogens is 443 g/mol. The summed E-state index contributed by atoms with van der Waals surface area (Å²) in [6, 6.07) is 14.7. The Hall–Kier alpha value is -3.24. The van der Waals surface area contributed by atoms with Crippen molar-refractivity contribution in [1.29, 1.82) is 0 Å². The lowest BCUT2D eigenvalue weighted by molar-refractivity contribution is -0.119. The van der Waals surface area contributed by atoms with Crippen LogP contribution in [0.3, 0.4) is 0 Å². The smallest absolute Gasteiger partial charge is 0.269 e. The van der Waals surface area contributed by atoms with Crippen LogP contribution < -0.4 is 10.9 Å². The lowest BCUT2D eigenvalue weighted by Crippen LogP contribution is -2.42. The van der Waals surface area contributed by atoms with Crippen LogP contribution in [0.15, 0.2) is 59.8 Å². The molecule has 0 unspecified atom stereocenters. The average molecular weight is 469 g/mol. The molecule has 4 rings (SSSR count). The molecule has 0 radical (unpaired) electrons. The summed E-state index contributed by atoms with van der Waals surface area (Å²) in [5.74, 6) is -0.336. The van der Waals surface area contributed by atoms with Gasteiger partial charge in [0.15, 0.2) is 11.0 Å². The number of halogens is 1. The van der Waals surface area contributed by atoms with Crippen molar-refractivity contribution in [2.75, 3.05) is 18.8 Å². The Balaban J connectivity index is 1.42. The summed E-state index contributed by atoms with van der Waals surface area (Å²) >= 11 is 1.20. The summed E-state index contributed by atoms with van der Waals surface area (Å²) in [6.45, 7) is 2.63. The number of aromatic nitrogens is 3. The van der Waals surface area contributed by atoms with Crippen molar-refractivity contribution in [3.63, 3.8) is 0 Å². The van der Waals surface area contributed by atoms with Gasteiger partial charge in [-0.25, -0.2) is 4.39 Å². The van der Waals surface area contributed by atoms with Crippen molar-refractivity contribution in [3.8, 4) is 5.69 Å². The van der Waals surface area contributed by atoms with Crippen molar-refractivity contribution in [3.05, 3.63) is 71.8 Å². The van der Waals surface area contributed by atoms with E-state index in [0.717, 1.165) is 37.4 Å². The molecule has 0 atom stereocenters. The Bertz CT molecular complexity index is 1080. The van der Waals surface area contributed by atoms with E-state index in [4.69, 9.17) is 0 Å². The van der Waals surface area contributed by atoms with E-state index in [-0.39, 0.29) is 17.5 Å². The Morgan fingerprint density at radius 3 is 2.39 bits per heavy atom. The van der Waals surface area contributed by atoms with Crippen LogP contribution in [0.1, 0.15) is 35.4 Å². The Kier molecular flexibility index (Phi) is 7.69. The maximum absolute atomic E-state index is 13.5. The number of hydrogen-bond donors (Lipinski definition) is 2. The van der Waals surface area contributed by atoms with E-state index in [2.05, 4.69) is 25.9 Å². The molecule has 1 aliphatic heterocycles. The van der Waals surface area contributed by atoms with Gasteiger partial charge in [-0.05, 0) is 62.3 Å². The fourth-order valence-corrected chi connectivity index (χ4v) is 4.39. The number of carbonyl (C=O) groups excluding carboxylic acids is 2. The van der Waals surface area contributed by atoms with E-state index in [0.29, 0.717) is 17.3 Å². The number of carbonyl (C=O) groups is 2. The van der Waals surface area contributed by atoms with Gasteiger partial charge < -0.3 is 0 Å². The highest BCUT2D eigenvalue weighted by molar-refractivity contribution is 7.99. The number of benzene rings is 2. The van der Waals surface area contributed by atoms with Crippen LogP contribution in [0.2, 0.25) is 0 Å². The number of amides is 2. The first kappa shape index (κ1) is 22.9. The molecule has 3 aromatic rings. The van der Waals surface area contributed by atoms with E-state index in [1.807, 2.05) is 10.6 Å². The number of piperidine rings is 1. The molecule has 33 heavy (non-hydrogen) atoms. The highest BCUT2D eigenvalue weighted by Gasteiger charge is 2.19. The second-order valence-electron chi connectivity index (χ2n) is 7.70. The minimum atomic E-state index is -0.396. The lowest BCUT2D eigenvalue weighted by Gasteiger charge is -2.26. The molecule has 2 N–H and O–H groups in total. The van der Waals surface area contributed by atoms with Gasteiger partial charge in [0.25, 0.3) is 5.91 Å². The Morgan fingerprint density at radius 1 is 0.939 bits per heavy atom. The standard InChI is InChI=1S/C23H25FN6O2S/c24-18-9-11-19(12-10-18)30-20(15-29-13-5-2-6-14-29)25-28-23(30)33-16-21(31)26-27-22(32)17-7-3-1-4-8-17/h1,3-4,7-12H,2,5-6,13-16H2,(H,26,31)(H,27,32). The topological polar surface area (TPSA) is 92.2 Å². The van der Waals surface area contributed by atoms with Crippen LogP contribution in [0, 0.1) is 5.82 Å². The van der Waals surface area contributed by atoms with E-state index < -0.39 is 5.91 Å². The zero-order valence-corrected chi connectivity index (χ0v) is 18.9. The van der Waals surface area contributed by atoms with E-state index in [1.54, 1.807) is 36.4 Å². The first-order valence-electron chi connectivity index (χ1n) is 10.8. The molecule has 2 aromatic carbocycles. The molecule has 172 valence electrons. The van der Waals surface area contributed by atoms with Gasteiger partial charge in [-0.1, -0.05) is 36.4 Å². The second-order valence-corrected chi connectivity index (χ2v) is 8.65. The van der Waals surface area contributed by atoms with Crippen LogP contribution >= 0.6 is 11.8 Å². The van der Waals surface area contributed by atoms with Crippen LogP contribution in [0.4, 0.5) is 4.39 Å². The average Bonchev–Trinajstić information content (AvgIpc) is 3.25. The minimum Gasteiger partial charge on any atom is -0.296 e. The number of nitrogens with zero attached hydrogens (tertiary/aromatic N) is 4. The highest BCUT2D eigenvalue weighted by Crippen LogP contribution is 2.24. The monoisotopic (exact) mass is 468 g/mol. The molecule has 1 aromatic heterocycles. The van der Waals surface area contributed by atoms with Gasteiger partial charge >= 0.3 is 0 Å². The molecule has 1 saturated heterocycles. The number of rotatable bonds is 7. The normalized spacial score (nSPS) is 14.1. The first-order valence-corrected chi connectivity index (χ1v) is 11.8. The van der Waals surface area contributed by atoms with Gasteiger partial charge in [0.1, 0.15) is 5.82 Å². The fourth-order valence-electron chi connectivity index (χ4n) is 3.62. The molecule has 8 nitrogen and oxygen atoms in total. The number of hydrazine groups is 1. The maximum Gasteiger partial charge on any atom is 0.269 e.